The van der Waals surface area contributed by atoms with E-state index in [1.807, 2.05) is 0 Å². The third-order valence-electron chi connectivity index (χ3n) is 2.83. The highest BCUT2D eigenvalue weighted by Gasteiger charge is 2.34. The molecule has 1 amide bonds. The highest BCUT2D eigenvalue weighted by molar-refractivity contribution is 5.74. The maximum Gasteiger partial charge on any atom is 0.218 e. The van der Waals surface area contributed by atoms with E-state index in [0.717, 1.165) is 25.9 Å². The number of carbonyl (C=O) groups is 1. The fourth-order valence-electron chi connectivity index (χ4n) is 2.21. The SMILES string of the molecule is CN1CCCC(CN)(CC(N)=O)C1. The summed E-state index contributed by atoms with van der Waals surface area (Å²) >= 11 is 0. The largest absolute Gasteiger partial charge is 0.370 e. The van der Waals surface area contributed by atoms with Crippen molar-refractivity contribution < 1.29 is 4.79 Å². The Morgan fingerprint density at radius 3 is 2.77 bits per heavy atom. The Balaban J connectivity index is 2.61. The molecule has 0 radical (unpaired) electrons. The molecule has 1 aliphatic heterocycles. The van der Waals surface area contributed by atoms with Crippen molar-refractivity contribution in [2.45, 2.75) is 19.3 Å². The molecule has 0 spiro atoms. The van der Waals surface area contributed by atoms with Gasteiger partial charge in [-0.2, -0.15) is 0 Å². The van der Waals surface area contributed by atoms with E-state index in [-0.39, 0.29) is 11.3 Å². The summed E-state index contributed by atoms with van der Waals surface area (Å²) in [7, 11) is 2.06. The third-order valence-corrected chi connectivity index (χ3v) is 2.83. The molecule has 0 bridgehead atoms. The first-order valence-corrected chi connectivity index (χ1v) is 4.75. The van der Waals surface area contributed by atoms with Crippen molar-refractivity contribution in [2.24, 2.45) is 16.9 Å². The molecule has 1 rings (SSSR count). The quantitative estimate of drug-likeness (QED) is 0.624. The molecule has 1 saturated heterocycles. The van der Waals surface area contributed by atoms with Crippen LogP contribution in [-0.4, -0.2) is 37.5 Å². The molecule has 0 saturated carbocycles. The van der Waals surface area contributed by atoms with Gasteiger partial charge in [0.2, 0.25) is 5.91 Å². The van der Waals surface area contributed by atoms with Crippen LogP contribution < -0.4 is 11.5 Å². The second-order valence-corrected chi connectivity index (χ2v) is 4.19. The Morgan fingerprint density at radius 2 is 2.31 bits per heavy atom. The van der Waals surface area contributed by atoms with Gasteiger partial charge in [-0.05, 0) is 33.0 Å². The smallest absolute Gasteiger partial charge is 0.218 e. The van der Waals surface area contributed by atoms with Crippen molar-refractivity contribution in [3.8, 4) is 0 Å². The zero-order valence-corrected chi connectivity index (χ0v) is 8.25. The maximum atomic E-state index is 10.9. The summed E-state index contributed by atoms with van der Waals surface area (Å²) in [6.45, 7) is 2.55. The number of carbonyl (C=O) groups excluding carboxylic acids is 1. The minimum Gasteiger partial charge on any atom is -0.370 e. The predicted molar refractivity (Wildman–Crippen MR) is 52.0 cm³/mol. The molecule has 1 atom stereocenters. The lowest BCUT2D eigenvalue weighted by atomic mass is 9.77. The Hall–Kier alpha value is -0.610. The molecule has 0 aromatic carbocycles. The molecule has 13 heavy (non-hydrogen) atoms. The fraction of sp³-hybridized carbons (Fsp3) is 0.889. The number of likely N-dealkylation sites (tertiary alicyclic amines) is 1. The van der Waals surface area contributed by atoms with E-state index < -0.39 is 0 Å². The van der Waals surface area contributed by atoms with Crippen molar-refractivity contribution in [3.05, 3.63) is 0 Å². The summed E-state index contributed by atoms with van der Waals surface area (Å²) < 4.78 is 0. The van der Waals surface area contributed by atoms with Crippen molar-refractivity contribution in [1.29, 1.82) is 0 Å². The molecule has 1 heterocycles. The molecule has 1 unspecified atom stereocenters. The van der Waals surface area contributed by atoms with Crippen LogP contribution in [0.5, 0.6) is 0 Å². The minimum absolute atomic E-state index is 0.0567. The van der Waals surface area contributed by atoms with Crippen LogP contribution in [0.1, 0.15) is 19.3 Å². The first-order valence-electron chi connectivity index (χ1n) is 4.75. The molecule has 0 aromatic rings. The van der Waals surface area contributed by atoms with Gasteiger partial charge in [0.05, 0.1) is 0 Å². The Morgan fingerprint density at radius 1 is 1.62 bits per heavy atom. The van der Waals surface area contributed by atoms with E-state index in [1.54, 1.807) is 0 Å². The Kier molecular flexibility index (Phi) is 3.27. The van der Waals surface area contributed by atoms with Crippen molar-refractivity contribution >= 4 is 5.91 Å². The van der Waals surface area contributed by atoms with Crippen LogP contribution in [0.2, 0.25) is 0 Å². The summed E-state index contributed by atoms with van der Waals surface area (Å²) in [6.07, 6.45) is 2.56. The lowest BCUT2D eigenvalue weighted by Gasteiger charge is -2.40. The number of piperidine rings is 1. The van der Waals surface area contributed by atoms with E-state index in [2.05, 4.69) is 11.9 Å². The number of nitrogens with two attached hydrogens (primary N) is 2. The zero-order valence-electron chi connectivity index (χ0n) is 8.25. The standard InChI is InChI=1S/C9H19N3O/c1-12-4-2-3-9(6-10,7-12)5-8(11)13/h2-7,10H2,1H3,(H2,11,13). The predicted octanol–water partition coefficient (Wildman–Crippen LogP) is -0.467. The number of nitrogens with zero attached hydrogens (tertiary/aromatic N) is 1. The van der Waals surface area contributed by atoms with Gasteiger partial charge in [0.15, 0.2) is 0 Å². The summed E-state index contributed by atoms with van der Waals surface area (Å²) in [5.41, 5.74) is 10.9. The second kappa shape index (κ2) is 4.07. The molecule has 4 N–H and O–H groups in total. The summed E-state index contributed by atoms with van der Waals surface area (Å²) in [5, 5.41) is 0. The number of primary amides is 1. The normalized spacial score (nSPS) is 30.3. The number of amides is 1. The third kappa shape index (κ3) is 2.67. The van der Waals surface area contributed by atoms with Gasteiger partial charge in [-0.3, -0.25) is 4.79 Å². The van der Waals surface area contributed by atoms with Crippen LogP contribution in [0.15, 0.2) is 0 Å². The van der Waals surface area contributed by atoms with E-state index in [4.69, 9.17) is 11.5 Å². The van der Waals surface area contributed by atoms with Crippen LogP contribution in [-0.2, 0) is 4.79 Å². The van der Waals surface area contributed by atoms with Gasteiger partial charge in [-0.15, -0.1) is 0 Å². The van der Waals surface area contributed by atoms with Gasteiger partial charge < -0.3 is 16.4 Å². The first kappa shape index (κ1) is 10.5. The van der Waals surface area contributed by atoms with Gasteiger partial charge in [0, 0.05) is 18.4 Å². The highest BCUT2D eigenvalue weighted by atomic mass is 16.1. The number of hydrogen-bond donors (Lipinski definition) is 2. The summed E-state index contributed by atoms with van der Waals surface area (Å²) in [4.78, 5) is 13.1. The van der Waals surface area contributed by atoms with Crippen LogP contribution in [0.4, 0.5) is 0 Å². The lowest BCUT2D eigenvalue weighted by molar-refractivity contribution is -0.121. The monoisotopic (exact) mass is 185 g/mol. The fourth-order valence-corrected chi connectivity index (χ4v) is 2.21. The molecule has 76 valence electrons. The molecule has 0 aromatic heterocycles. The molecular weight excluding hydrogens is 166 g/mol. The Bertz CT molecular complexity index is 195. The molecule has 1 aliphatic rings. The van der Waals surface area contributed by atoms with Gasteiger partial charge in [-0.25, -0.2) is 0 Å². The van der Waals surface area contributed by atoms with E-state index in [1.165, 1.54) is 0 Å². The highest BCUT2D eigenvalue weighted by Crippen LogP contribution is 2.31. The van der Waals surface area contributed by atoms with Crippen molar-refractivity contribution in [3.63, 3.8) is 0 Å². The van der Waals surface area contributed by atoms with Crippen LogP contribution in [0, 0.1) is 5.41 Å². The van der Waals surface area contributed by atoms with Crippen molar-refractivity contribution in [1.82, 2.24) is 4.90 Å². The van der Waals surface area contributed by atoms with Gasteiger partial charge in [0.25, 0.3) is 0 Å². The average molecular weight is 185 g/mol. The number of rotatable bonds is 3. The lowest BCUT2D eigenvalue weighted by Crippen LogP contribution is -2.47. The molecular formula is C9H19N3O. The number of hydrogen-bond acceptors (Lipinski definition) is 3. The van der Waals surface area contributed by atoms with Gasteiger partial charge in [-0.1, -0.05) is 0 Å². The van der Waals surface area contributed by atoms with E-state index >= 15 is 0 Å². The zero-order chi connectivity index (χ0) is 9.90. The topological polar surface area (TPSA) is 72.3 Å². The van der Waals surface area contributed by atoms with Crippen LogP contribution >= 0.6 is 0 Å². The first-order chi connectivity index (χ1) is 6.08. The van der Waals surface area contributed by atoms with Crippen LogP contribution in [0.3, 0.4) is 0 Å². The summed E-state index contributed by atoms with van der Waals surface area (Å²) in [6, 6.07) is 0. The molecule has 0 aliphatic carbocycles. The molecule has 1 fully saturated rings. The molecule has 4 nitrogen and oxygen atoms in total. The van der Waals surface area contributed by atoms with Crippen molar-refractivity contribution in [2.75, 3.05) is 26.7 Å². The van der Waals surface area contributed by atoms with E-state index in [9.17, 15) is 4.79 Å². The maximum absolute atomic E-state index is 10.9. The average Bonchev–Trinajstić information content (AvgIpc) is 2.03. The van der Waals surface area contributed by atoms with E-state index in [0.29, 0.717) is 13.0 Å². The summed E-state index contributed by atoms with van der Waals surface area (Å²) in [5.74, 6) is -0.235. The molecule has 4 heteroatoms. The minimum atomic E-state index is -0.235. The van der Waals surface area contributed by atoms with Gasteiger partial charge >= 0.3 is 0 Å². The van der Waals surface area contributed by atoms with Crippen LogP contribution in [0.25, 0.3) is 0 Å². The Labute approximate surface area is 79.3 Å². The second-order valence-electron chi connectivity index (χ2n) is 4.19. The van der Waals surface area contributed by atoms with Gasteiger partial charge in [0.1, 0.15) is 0 Å².